The zero-order valence-corrected chi connectivity index (χ0v) is 14.2. The van der Waals surface area contributed by atoms with E-state index in [1.807, 2.05) is 6.07 Å². The molecule has 1 N–H and O–H groups in total. The molecule has 0 bridgehead atoms. The number of halogens is 2. The normalized spacial score (nSPS) is 10.5. The van der Waals surface area contributed by atoms with Crippen molar-refractivity contribution < 1.29 is 9.53 Å². The van der Waals surface area contributed by atoms with Gasteiger partial charge in [-0.1, -0.05) is 45.2 Å². The smallest absolute Gasteiger partial charge is 0.251 e. The molecule has 0 aliphatic heterocycles. The third-order valence-electron chi connectivity index (χ3n) is 2.52. The number of rotatable bonds is 8. The summed E-state index contributed by atoms with van der Waals surface area (Å²) in [6.45, 7) is 4.28. The molecule has 1 amide bonds. The summed E-state index contributed by atoms with van der Waals surface area (Å²) in [6, 6.07) is 5.51. The molecule has 0 unspecified atom stereocenters. The topological polar surface area (TPSA) is 38.3 Å². The molecule has 0 fully saturated rings. The monoisotopic (exact) mass is 391 g/mol. The van der Waals surface area contributed by atoms with Gasteiger partial charge in [0.15, 0.2) is 0 Å². The highest BCUT2D eigenvalue weighted by atomic mass is 79.9. The van der Waals surface area contributed by atoms with Gasteiger partial charge in [-0.15, -0.1) is 0 Å². The Morgan fingerprint density at radius 1 is 1.16 bits per heavy atom. The molecule has 0 radical (unpaired) electrons. The molecule has 1 aromatic carbocycles. The van der Waals surface area contributed by atoms with Gasteiger partial charge >= 0.3 is 0 Å². The van der Waals surface area contributed by atoms with Gasteiger partial charge < -0.3 is 10.1 Å². The Bertz CT molecular complexity index is 390. The van der Waals surface area contributed by atoms with Gasteiger partial charge in [0.2, 0.25) is 0 Å². The van der Waals surface area contributed by atoms with Crippen molar-refractivity contribution in [2.45, 2.75) is 26.2 Å². The maximum absolute atomic E-state index is 11.9. The van der Waals surface area contributed by atoms with Crippen molar-refractivity contribution in [3.8, 4) is 0 Å². The van der Waals surface area contributed by atoms with Crippen molar-refractivity contribution in [3.63, 3.8) is 0 Å². The summed E-state index contributed by atoms with van der Waals surface area (Å²) in [5, 5.41) is 2.88. The second-order valence-corrected chi connectivity index (χ2v) is 6.06. The first kappa shape index (κ1) is 16.7. The molecule has 0 saturated heterocycles. The van der Waals surface area contributed by atoms with Crippen LogP contribution >= 0.6 is 31.9 Å². The van der Waals surface area contributed by atoms with Gasteiger partial charge in [-0.25, -0.2) is 0 Å². The molecule has 5 heteroatoms. The first-order chi connectivity index (χ1) is 9.13. The molecule has 0 spiro atoms. The van der Waals surface area contributed by atoms with Gasteiger partial charge in [0, 0.05) is 34.3 Å². The van der Waals surface area contributed by atoms with E-state index in [2.05, 4.69) is 44.1 Å². The quantitative estimate of drug-likeness (QED) is 0.675. The standard InChI is InChI=1S/C14H19Br2NO2/c1-2-3-6-19-7-4-5-17-14(18)11-8-12(15)10-13(16)9-11/h8-10H,2-7H2,1H3,(H,17,18). The van der Waals surface area contributed by atoms with Crippen molar-refractivity contribution in [3.05, 3.63) is 32.7 Å². The Balaban J connectivity index is 2.24. The van der Waals surface area contributed by atoms with Crippen LogP contribution in [-0.4, -0.2) is 25.7 Å². The fraction of sp³-hybridized carbons (Fsp3) is 0.500. The zero-order valence-electron chi connectivity index (χ0n) is 11.0. The maximum Gasteiger partial charge on any atom is 0.251 e. The molecule has 0 aliphatic rings. The van der Waals surface area contributed by atoms with Crippen LogP contribution in [0.15, 0.2) is 27.1 Å². The Labute approximate surface area is 131 Å². The maximum atomic E-state index is 11.9. The number of ether oxygens (including phenoxy) is 1. The predicted molar refractivity (Wildman–Crippen MR) is 84.5 cm³/mol. The number of carbonyl (C=O) groups is 1. The fourth-order valence-electron chi connectivity index (χ4n) is 1.51. The zero-order chi connectivity index (χ0) is 14.1. The van der Waals surface area contributed by atoms with Crippen molar-refractivity contribution in [1.82, 2.24) is 5.32 Å². The van der Waals surface area contributed by atoms with E-state index in [0.29, 0.717) is 18.7 Å². The van der Waals surface area contributed by atoms with Crippen molar-refractivity contribution in [2.75, 3.05) is 19.8 Å². The minimum atomic E-state index is -0.0597. The number of unbranched alkanes of at least 4 members (excludes halogenated alkanes) is 1. The van der Waals surface area contributed by atoms with E-state index in [1.165, 1.54) is 0 Å². The second kappa shape index (κ2) is 9.50. The van der Waals surface area contributed by atoms with Gasteiger partial charge in [-0.05, 0) is 31.0 Å². The van der Waals surface area contributed by atoms with Gasteiger partial charge in [-0.3, -0.25) is 4.79 Å². The number of amides is 1. The SMILES string of the molecule is CCCCOCCCNC(=O)c1cc(Br)cc(Br)c1. The number of hydrogen-bond acceptors (Lipinski definition) is 2. The lowest BCUT2D eigenvalue weighted by atomic mass is 10.2. The molecule has 19 heavy (non-hydrogen) atoms. The average molecular weight is 393 g/mol. The van der Waals surface area contributed by atoms with Gasteiger partial charge in [0.05, 0.1) is 0 Å². The molecule has 1 rings (SSSR count). The van der Waals surface area contributed by atoms with E-state index in [0.717, 1.165) is 34.8 Å². The molecule has 0 heterocycles. The van der Waals surface area contributed by atoms with E-state index in [9.17, 15) is 4.79 Å². The first-order valence-electron chi connectivity index (χ1n) is 6.45. The third kappa shape index (κ3) is 7.09. The summed E-state index contributed by atoms with van der Waals surface area (Å²) in [5.74, 6) is -0.0597. The minimum absolute atomic E-state index is 0.0597. The minimum Gasteiger partial charge on any atom is -0.381 e. The number of hydrogen-bond donors (Lipinski definition) is 1. The Morgan fingerprint density at radius 3 is 2.42 bits per heavy atom. The van der Waals surface area contributed by atoms with Crippen molar-refractivity contribution in [1.29, 1.82) is 0 Å². The largest absolute Gasteiger partial charge is 0.381 e. The lowest BCUT2D eigenvalue weighted by Crippen LogP contribution is -2.25. The summed E-state index contributed by atoms with van der Waals surface area (Å²) in [4.78, 5) is 11.9. The van der Waals surface area contributed by atoms with Crippen molar-refractivity contribution >= 4 is 37.8 Å². The number of carbonyl (C=O) groups excluding carboxylic acids is 1. The molecular weight excluding hydrogens is 374 g/mol. The summed E-state index contributed by atoms with van der Waals surface area (Å²) < 4.78 is 7.20. The van der Waals surface area contributed by atoms with Crippen LogP contribution in [0.1, 0.15) is 36.5 Å². The van der Waals surface area contributed by atoms with Crippen LogP contribution in [0.4, 0.5) is 0 Å². The van der Waals surface area contributed by atoms with Crippen molar-refractivity contribution in [2.24, 2.45) is 0 Å². The lowest BCUT2D eigenvalue weighted by Gasteiger charge is -2.07. The highest BCUT2D eigenvalue weighted by molar-refractivity contribution is 9.11. The van der Waals surface area contributed by atoms with Gasteiger partial charge in [-0.2, -0.15) is 0 Å². The van der Waals surface area contributed by atoms with Gasteiger partial charge in [0.25, 0.3) is 5.91 Å². The summed E-state index contributed by atoms with van der Waals surface area (Å²) >= 11 is 6.74. The number of benzene rings is 1. The molecule has 0 aliphatic carbocycles. The third-order valence-corrected chi connectivity index (χ3v) is 3.43. The predicted octanol–water partition coefficient (Wildman–Crippen LogP) is 4.15. The second-order valence-electron chi connectivity index (χ2n) is 4.23. The van der Waals surface area contributed by atoms with E-state index in [-0.39, 0.29) is 5.91 Å². The summed E-state index contributed by atoms with van der Waals surface area (Å²) in [7, 11) is 0. The Morgan fingerprint density at radius 2 is 1.79 bits per heavy atom. The van der Waals surface area contributed by atoms with Crippen LogP contribution in [-0.2, 0) is 4.74 Å². The van der Waals surface area contributed by atoms with Crippen LogP contribution in [0.2, 0.25) is 0 Å². The van der Waals surface area contributed by atoms with Gasteiger partial charge in [0.1, 0.15) is 0 Å². The van der Waals surface area contributed by atoms with Crippen LogP contribution < -0.4 is 5.32 Å². The van der Waals surface area contributed by atoms with E-state index in [1.54, 1.807) is 12.1 Å². The molecule has 106 valence electrons. The highest BCUT2D eigenvalue weighted by Gasteiger charge is 2.06. The van der Waals surface area contributed by atoms with E-state index < -0.39 is 0 Å². The average Bonchev–Trinajstić information content (AvgIpc) is 2.36. The van der Waals surface area contributed by atoms with Crippen LogP contribution in [0.3, 0.4) is 0 Å². The van der Waals surface area contributed by atoms with E-state index in [4.69, 9.17) is 4.74 Å². The number of nitrogens with one attached hydrogen (secondary N) is 1. The van der Waals surface area contributed by atoms with Crippen LogP contribution in [0, 0.1) is 0 Å². The summed E-state index contributed by atoms with van der Waals surface area (Å²) in [5.41, 5.74) is 0.646. The summed E-state index contributed by atoms with van der Waals surface area (Å²) in [6.07, 6.45) is 3.08. The Kier molecular flexibility index (Phi) is 8.34. The van der Waals surface area contributed by atoms with E-state index >= 15 is 0 Å². The van der Waals surface area contributed by atoms with Crippen LogP contribution in [0.5, 0.6) is 0 Å². The fourth-order valence-corrected chi connectivity index (χ4v) is 2.81. The molecule has 0 saturated carbocycles. The molecule has 0 aromatic heterocycles. The molecular formula is C14H19Br2NO2. The lowest BCUT2D eigenvalue weighted by molar-refractivity contribution is 0.0940. The Hall–Kier alpha value is -0.390. The molecule has 0 atom stereocenters. The first-order valence-corrected chi connectivity index (χ1v) is 8.04. The highest BCUT2D eigenvalue weighted by Crippen LogP contribution is 2.19. The molecule has 1 aromatic rings. The van der Waals surface area contributed by atoms with Crippen LogP contribution in [0.25, 0.3) is 0 Å². The molecule has 3 nitrogen and oxygen atoms in total.